The number of carbonyl (C=O) groups excluding carboxylic acids is 1. The first-order valence-corrected chi connectivity index (χ1v) is 12.1. The topological polar surface area (TPSA) is 148 Å². The number of rotatable bonds is 9. The lowest BCUT2D eigenvalue weighted by atomic mass is 10.2. The van der Waals surface area contributed by atoms with Crippen molar-refractivity contribution in [1.29, 1.82) is 0 Å². The van der Waals surface area contributed by atoms with E-state index in [-0.39, 0.29) is 24.9 Å². The molecule has 0 saturated heterocycles. The van der Waals surface area contributed by atoms with Gasteiger partial charge in [-0.1, -0.05) is 11.3 Å². The number of nitrogens with one attached hydrogen (secondary N) is 2. The number of thiazole rings is 1. The zero-order chi connectivity index (χ0) is 27.0. The number of amides is 1. The molecule has 0 aliphatic carbocycles. The van der Waals surface area contributed by atoms with E-state index in [4.69, 9.17) is 15.9 Å². The number of carbonyl (C=O) groups is 1. The Bertz CT molecular complexity index is 1340. The molecule has 37 heavy (non-hydrogen) atoms. The Morgan fingerprint density at radius 2 is 1.86 bits per heavy atom. The van der Waals surface area contributed by atoms with Gasteiger partial charge in [0.25, 0.3) is 5.91 Å². The number of aliphatic hydroxyl groups excluding tert-OH is 2. The summed E-state index contributed by atoms with van der Waals surface area (Å²) in [6.45, 7) is 1.18. The van der Waals surface area contributed by atoms with Crippen molar-refractivity contribution in [3.63, 3.8) is 0 Å². The smallest absolute Gasteiger partial charge is 0.406 e. The van der Waals surface area contributed by atoms with E-state index in [0.717, 1.165) is 23.3 Å². The standard InChI is InChI=1S/C20H18F3N5O3S.C3H9NO/c1-28-15-6-3-11(17(30)24-7-2-8-29)9-14(15)25-18(28)27-19-26-13-5-4-12(10-16(13)32-19)31-20(21,22)23;4-2-1-3-5/h3-6,9-10,29H,2,7-8H2,1H3,(H,24,30)(H,25,26,27);5H,1-4H2. The SMILES string of the molecule is Cn1c(Nc2nc3ccc(OC(F)(F)F)cc3s2)nc2cc(C(=O)NCCCO)ccc21.NCCCO. The van der Waals surface area contributed by atoms with E-state index >= 15 is 0 Å². The maximum absolute atomic E-state index is 12.4. The molecule has 0 unspecified atom stereocenters. The molecule has 2 heterocycles. The number of nitrogens with two attached hydrogens (primary N) is 1. The largest absolute Gasteiger partial charge is 0.573 e. The second-order valence-corrected chi connectivity index (χ2v) is 8.75. The van der Waals surface area contributed by atoms with Gasteiger partial charge in [-0.3, -0.25) is 4.79 Å². The van der Waals surface area contributed by atoms with Crippen molar-refractivity contribution in [1.82, 2.24) is 19.9 Å². The molecular weight excluding hydrogens is 513 g/mol. The Balaban J connectivity index is 0.000000695. The number of hydrogen-bond acceptors (Lipinski definition) is 9. The summed E-state index contributed by atoms with van der Waals surface area (Å²) in [5.74, 6) is -0.111. The lowest BCUT2D eigenvalue weighted by Gasteiger charge is -2.07. The number of aliphatic hydroxyl groups is 2. The number of imidazole rings is 1. The predicted octanol–water partition coefficient (Wildman–Crippen LogP) is 3.26. The van der Waals surface area contributed by atoms with Gasteiger partial charge in [-0.25, -0.2) is 9.97 Å². The van der Waals surface area contributed by atoms with E-state index < -0.39 is 6.36 Å². The maximum Gasteiger partial charge on any atom is 0.573 e. The molecule has 0 radical (unpaired) electrons. The normalized spacial score (nSPS) is 11.3. The number of hydrogen-bond donors (Lipinski definition) is 5. The highest BCUT2D eigenvalue weighted by Crippen LogP contribution is 2.33. The molecule has 4 rings (SSSR count). The predicted molar refractivity (Wildman–Crippen MR) is 135 cm³/mol. The third-order valence-corrected chi connectivity index (χ3v) is 5.87. The number of anilines is 2. The molecule has 2 aromatic heterocycles. The summed E-state index contributed by atoms with van der Waals surface area (Å²) < 4.78 is 43.6. The Morgan fingerprint density at radius 3 is 2.51 bits per heavy atom. The van der Waals surface area contributed by atoms with Crippen LogP contribution in [-0.2, 0) is 7.05 Å². The van der Waals surface area contributed by atoms with Crippen LogP contribution in [0.25, 0.3) is 21.3 Å². The van der Waals surface area contributed by atoms with Crippen molar-refractivity contribution < 1.29 is 32.9 Å². The second kappa shape index (κ2) is 12.7. The zero-order valence-corrected chi connectivity index (χ0v) is 20.7. The molecule has 0 spiro atoms. The Kier molecular flexibility index (Phi) is 9.63. The van der Waals surface area contributed by atoms with Crippen LogP contribution in [0.5, 0.6) is 5.75 Å². The summed E-state index contributed by atoms with van der Waals surface area (Å²) in [5, 5.41) is 23.1. The summed E-state index contributed by atoms with van der Waals surface area (Å²) in [6, 6.07) is 9.06. The number of ether oxygens (including phenoxy) is 1. The molecule has 6 N–H and O–H groups in total. The van der Waals surface area contributed by atoms with Gasteiger partial charge >= 0.3 is 6.36 Å². The van der Waals surface area contributed by atoms with Crippen LogP contribution in [0.15, 0.2) is 36.4 Å². The maximum atomic E-state index is 12.4. The average Bonchev–Trinajstić information content (AvgIpc) is 3.38. The monoisotopic (exact) mass is 540 g/mol. The number of aromatic nitrogens is 3. The zero-order valence-electron chi connectivity index (χ0n) is 19.9. The van der Waals surface area contributed by atoms with Crippen LogP contribution >= 0.6 is 11.3 Å². The van der Waals surface area contributed by atoms with Gasteiger partial charge in [-0.2, -0.15) is 0 Å². The van der Waals surface area contributed by atoms with Crippen LogP contribution in [0.2, 0.25) is 0 Å². The molecule has 1 amide bonds. The van der Waals surface area contributed by atoms with Crippen molar-refractivity contribution in [2.24, 2.45) is 12.8 Å². The van der Waals surface area contributed by atoms with Gasteiger partial charge in [-0.05, 0) is 49.7 Å². The molecule has 0 saturated carbocycles. The quantitative estimate of drug-likeness (QED) is 0.203. The molecule has 10 nitrogen and oxygen atoms in total. The molecule has 14 heteroatoms. The van der Waals surface area contributed by atoms with Crippen molar-refractivity contribution in [2.75, 3.05) is 31.6 Å². The van der Waals surface area contributed by atoms with E-state index in [1.54, 1.807) is 29.8 Å². The molecule has 2 aromatic carbocycles. The second-order valence-electron chi connectivity index (χ2n) is 7.72. The van der Waals surface area contributed by atoms with Gasteiger partial charge in [0, 0.05) is 38.4 Å². The first-order chi connectivity index (χ1) is 17.6. The first-order valence-electron chi connectivity index (χ1n) is 11.2. The molecule has 0 aliphatic heterocycles. The van der Waals surface area contributed by atoms with Gasteiger partial charge in [0.15, 0.2) is 5.13 Å². The van der Waals surface area contributed by atoms with Gasteiger partial charge < -0.3 is 35.9 Å². The number of aryl methyl sites for hydroxylation is 1. The minimum Gasteiger partial charge on any atom is -0.406 e. The Morgan fingerprint density at radius 1 is 1.11 bits per heavy atom. The molecule has 200 valence electrons. The van der Waals surface area contributed by atoms with E-state index in [9.17, 15) is 18.0 Å². The van der Waals surface area contributed by atoms with E-state index in [0.29, 0.717) is 51.9 Å². The Hall–Kier alpha value is -3.46. The summed E-state index contributed by atoms with van der Waals surface area (Å²) in [7, 11) is 1.79. The van der Waals surface area contributed by atoms with Crippen LogP contribution in [0.3, 0.4) is 0 Å². The molecule has 0 aliphatic rings. The van der Waals surface area contributed by atoms with Crippen LogP contribution in [0.1, 0.15) is 23.2 Å². The highest BCUT2D eigenvalue weighted by atomic mass is 32.1. The summed E-state index contributed by atoms with van der Waals surface area (Å²) in [6.07, 6.45) is -3.57. The first kappa shape index (κ1) is 28.1. The number of benzene rings is 2. The van der Waals surface area contributed by atoms with Crippen LogP contribution in [0.4, 0.5) is 24.3 Å². The van der Waals surface area contributed by atoms with Crippen molar-refractivity contribution in [3.05, 3.63) is 42.0 Å². The molecular formula is C23H27F3N6O4S. The van der Waals surface area contributed by atoms with Gasteiger partial charge in [0.2, 0.25) is 5.95 Å². The molecule has 0 atom stereocenters. The van der Waals surface area contributed by atoms with Crippen molar-refractivity contribution in [3.8, 4) is 5.75 Å². The van der Waals surface area contributed by atoms with Crippen molar-refractivity contribution >= 4 is 49.6 Å². The van der Waals surface area contributed by atoms with Gasteiger partial charge in [0.1, 0.15) is 5.75 Å². The number of alkyl halides is 3. The van der Waals surface area contributed by atoms with E-state index in [1.165, 1.54) is 18.2 Å². The molecule has 0 fully saturated rings. The minimum absolute atomic E-state index is 0.00296. The van der Waals surface area contributed by atoms with E-state index in [1.807, 2.05) is 0 Å². The summed E-state index contributed by atoms with van der Waals surface area (Å²) in [5.41, 5.74) is 7.31. The average molecular weight is 541 g/mol. The van der Waals surface area contributed by atoms with Crippen LogP contribution in [-0.4, -0.2) is 63.3 Å². The molecule has 0 bridgehead atoms. The number of nitrogens with zero attached hydrogens (tertiary/aromatic N) is 3. The van der Waals surface area contributed by atoms with Gasteiger partial charge in [-0.15, -0.1) is 13.2 Å². The molecule has 4 aromatic rings. The van der Waals surface area contributed by atoms with Crippen molar-refractivity contribution in [2.45, 2.75) is 19.2 Å². The van der Waals surface area contributed by atoms with Crippen LogP contribution < -0.4 is 21.1 Å². The fourth-order valence-electron chi connectivity index (χ4n) is 3.18. The van der Waals surface area contributed by atoms with E-state index in [2.05, 4.69) is 25.3 Å². The van der Waals surface area contributed by atoms with Gasteiger partial charge in [0.05, 0.1) is 21.3 Å². The fraction of sp³-hybridized carbons (Fsp3) is 0.348. The number of halogens is 3. The lowest BCUT2D eigenvalue weighted by Crippen LogP contribution is -2.24. The number of fused-ring (bicyclic) bond motifs is 2. The van der Waals surface area contributed by atoms with Crippen LogP contribution in [0, 0.1) is 0 Å². The summed E-state index contributed by atoms with van der Waals surface area (Å²) >= 11 is 1.16. The minimum atomic E-state index is -4.76. The third kappa shape index (κ3) is 7.76. The third-order valence-electron chi connectivity index (χ3n) is 4.94. The fourth-order valence-corrected chi connectivity index (χ4v) is 4.07. The highest BCUT2D eigenvalue weighted by Gasteiger charge is 2.31. The summed E-state index contributed by atoms with van der Waals surface area (Å²) in [4.78, 5) is 21.1. The Labute approximate surface area is 213 Å². The lowest BCUT2D eigenvalue weighted by molar-refractivity contribution is -0.274. The highest BCUT2D eigenvalue weighted by molar-refractivity contribution is 7.22.